The molecule has 1 fully saturated rings. The van der Waals surface area contributed by atoms with Crippen LogP contribution < -0.4 is 15.8 Å². The summed E-state index contributed by atoms with van der Waals surface area (Å²) < 4.78 is 7.90. The molecule has 5 aromatic rings. The first-order valence-electron chi connectivity index (χ1n) is 12.5. The van der Waals surface area contributed by atoms with Crippen LogP contribution in [0.25, 0.3) is 16.3 Å². The van der Waals surface area contributed by atoms with Gasteiger partial charge < -0.3 is 15.8 Å². The van der Waals surface area contributed by atoms with E-state index < -0.39 is 0 Å². The molecule has 9 heteroatoms. The van der Waals surface area contributed by atoms with Crippen LogP contribution in [0.15, 0.2) is 73.3 Å². The largest absolute Gasteiger partial charge is 0.486 e. The summed E-state index contributed by atoms with van der Waals surface area (Å²) >= 11 is 6.61. The fraction of sp³-hybridized carbons (Fsp3) is 0.250. The molecule has 0 saturated carbocycles. The number of piperidine rings is 1. The summed E-state index contributed by atoms with van der Waals surface area (Å²) in [6.07, 6.45) is 7.37. The van der Waals surface area contributed by atoms with Crippen molar-refractivity contribution in [3.63, 3.8) is 0 Å². The minimum Gasteiger partial charge on any atom is -0.486 e. The topological polar surface area (TPSA) is 93.6 Å². The van der Waals surface area contributed by atoms with Crippen molar-refractivity contribution in [3.05, 3.63) is 89.6 Å². The fourth-order valence-corrected chi connectivity index (χ4v) is 5.10. The molecule has 4 heterocycles. The Morgan fingerprint density at radius 3 is 2.78 bits per heavy atom. The Hall–Kier alpha value is -3.72. The minimum absolute atomic E-state index is 0.308. The molecule has 0 bridgehead atoms. The summed E-state index contributed by atoms with van der Waals surface area (Å²) in [7, 11) is 0. The standard InChI is InChI=1S/C28H28ClN7O/c29-24-15-22(5-6-26(24)37-17-25-23-4-2-1-3-19(23)7-11-31-25)34-28-27-20(8-14-36(27)33-18-32-28)16-35-12-9-21(30)10-13-35/h1-8,11,14-15,18,21H,9-10,12-13,16-17,30H2,(H,32,33,34). The number of nitrogens with two attached hydrogens (primary N) is 1. The lowest BCUT2D eigenvalue weighted by molar-refractivity contribution is 0.206. The molecule has 1 aliphatic rings. The maximum atomic E-state index is 6.61. The monoisotopic (exact) mass is 513 g/mol. The highest BCUT2D eigenvalue weighted by molar-refractivity contribution is 6.32. The van der Waals surface area contributed by atoms with Crippen LogP contribution in [0, 0.1) is 0 Å². The van der Waals surface area contributed by atoms with Crippen molar-refractivity contribution < 1.29 is 4.74 Å². The molecule has 0 aliphatic carbocycles. The number of hydrogen-bond acceptors (Lipinski definition) is 7. The lowest BCUT2D eigenvalue weighted by Crippen LogP contribution is -2.39. The van der Waals surface area contributed by atoms with Gasteiger partial charge in [-0.2, -0.15) is 5.10 Å². The second-order valence-electron chi connectivity index (χ2n) is 9.39. The molecular formula is C28H28ClN7O. The Kier molecular flexibility index (Phi) is 6.61. The second-order valence-corrected chi connectivity index (χ2v) is 9.80. The molecule has 0 amide bonds. The summed E-state index contributed by atoms with van der Waals surface area (Å²) in [5.74, 6) is 1.33. The molecule has 3 aromatic heterocycles. The van der Waals surface area contributed by atoms with Crippen LogP contribution in [0.3, 0.4) is 0 Å². The zero-order valence-electron chi connectivity index (χ0n) is 20.3. The first kappa shape index (κ1) is 23.7. The lowest BCUT2D eigenvalue weighted by atomic mass is 10.1. The van der Waals surface area contributed by atoms with E-state index in [0.717, 1.165) is 66.0 Å². The van der Waals surface area contributed by atoms with Crippen molar-refractivity contribution in [3.8, 4) is 5.75 Å². The lowest BCUT2D eigenvalue weighted by Gasteiger charge is -2.29. The van der Waals surface area contributed by atoms with Crippen LogP contribution in [0.2, 0.25) is 5.02 Å². The van der Waals surface area contributed by atoms with Crippen molar-refractivity contribution in [2.45, 2.75) is 32.0 Å². The van der Waals surface area contributed by atoms with Gasteiger partial charge in [0.1, 0.15) is 24.2 Å². The number of pyridine rings is 1. The molecule has 0 unspecified atom stereocenters. The molecule has 6 rings (SSSR count). The van der Waals surface area contributed by atoms with Crippen molar-refractivity contribution >= 4 is 39.4 Å². The number of rotatable bonds is 7. The number of halogens is 1. The van der Waals surface area contributed by atoms with Gasteiger partial charge in [-0.05, 0) is 67.2 Å². The van der Waals surface area contributed by atoms with Crippen molar-refractivity contribution in [1.82, 2.24) is 24.5 Å². The first-order chi connectivity index (χ1) is 18.1. The SMILES string of the molecule is NC1CCN(Cc2ccn3ncnc(Nc4ccc(OCc5nccc6ccccc56)c(Cl)c4)c23)CC1. The van der Waals surface area contributed by atoms with Gasteiger partial charge in [-0.15, -0.1) is 0 Å². The predicted octanol–water partition coefficient (Wildman–Crippen LogP) is 5.18. The van der Waals surface area contributed by atoms with Gasteiger partial charge in [0.25, 0.3) is 0 Å². The second kappa shape index (κ2) is 10.3. The van der Waals surface area contributed by atoms with Crippen LogP contribution in [-0.2, 0) is 13.2 Å². The summed E-state index contributed by atoms with van der Waals surface area (Å²) in [5, 5.41) is 10.5. The summed E-state index contributed by atoms with van der Waals surface area (Å²) in [5.41, 5.74) is 9.90. The van der Waals surface area contributed by atoms with E-state index in [1.165, 1.54) is 5.56 Å². The Morgan fingerprint density at radius 1 is 1.05 bits per heavy atom. The van der Waals surface area contributed by atoms with Crippen LogP contribution >= 0.6 is 11.6 Å². The van der Waals surface area contributed by atoms with Crippen LogP contribution in [0.4, 0.5) is 11.5 Å². The predicted molar refractivity (Wildman–Crippen MR) is 146 cm³/mol. The highest BCUT2D eigenvalue weighted by Crippen LogP contribution is 2.31. The average Bonchev–Trinajstić information content (AvgIpc) is 3.33. The van der Waals surface area contributed by atoms with E-state index >= 15 is 0 Å². The number of hydrogen-bond donors (Lipinski definition) is 2. The first-order valence-corrected chi connectivity index (χ1v) is 12.8. The minimum atomic E-state index is 0.308. The molecule has 1 aliphatic heterocycles. The van der Waals surface area contributed by atoms with E-state index in [1.807, 2.05) is 53.2 Å². The molecule has 37 heavy (non-hydrogen) atoms. The molecule has 1 saturated heterocycles. The molecular weight excluding hydrogens is 486 g/mol. The summed E-state index contributed by atoms with van der Waals surface area (Å²) in [6.45, 7) is 3.16. The van der Waals surface area contributed by atoms with Gasteiger partial charge in [0.15, 0.2) is 5.82 Å². The maximum Gasteiger partial charge on any atom is 0.158 e. The van der Waals surface area contributed by atoms with E-state index in [0.29, 0.717) is 23.4 Å². The average molecular weight is 514 g/mol. The van der Waals surface area contributed by atoms with E-state index in [-0.39, 0.29) is 0 Å². The van der Waals surface area contributed by atoms with Crippen LogP contribution in [-0.4, -0.2) is 43.6 Å². The third-order valence-electron chi connectivity index (χ3n) is 6.88. The number of benzene rings is 2. The van der Waals surface area contributed by atoms with E-state index in [9.17, 15) is 0 Å². The third-order valence-corrected chi connectivity index (χ3v) is 7.17. The van der Waals surface area contributed by atoms with Gasteiger partial charge in [0.05, 0.1) is 10.7 Å². The van der Waals surface area contributed by atoms with Crippen molar-refractivity contribution in [2.24, 2.45) is 5.73 Å². The molecule has 0 spiro atoms. The molecule has 3 N–H and O–H groups in total. The number of fused-ring (bicyclic) bond motifs is 2. The van der Waals surface area contributed by atoms with E-state index in [4.69, 9.17) is 22.1 Å². The Morgan fingerprint density at radius 2 is 1.92 bits per heavy atom. The number of likely N-dealkylation sites (tertiary alicyclic amines) is 1. The number of aromatic nitrogens is 4. The van der Waals surface area contributed by atoms with E-state index in [2.05, 4.69) is 37.4 Å². The molecule has 2 aromatic carbocycles. The highest BCUT2D eigenvalue weighted by Gasteiger charge is 2.19. The summed E-state index contributed by atoms with van der Waals surface area (Å²) in [6, 6.07) is 18.2. The summed E-state index contributed by atoms with van der Waals surface area (Å²) in [4.78, 5) is 11.5. The molecule has 188 valence electrons. The molecule has 0 radical (unpaired) electrons. The van der Waals surface area contributed by atoms with Gasteiger partial charge in [0.2, 0.25) is 0 Å². The number of anilines is 2. The smallest absolute Gasteiger partial charge is 0.158 e. The van der Waals surface area contributed by atoms with Gasteiger partial charge in [-0.3, -0.25) is 9.88 Å². The van der Waals surface area contributed by atoms with Crippen molar-refractivity contribution in [1.29, 1.82) is 0 Å². The van der Waals surface area contributed by atoms with Gasteiger partial charge in [-0.25, -0.2) is 9.50 Å². The third kappa shape index (κ3) is 5.09. The fourth-order valence-electron chi connectivity index (χ4n) is 4.87. The zero-order valence-corrected chi connectivity index (χ0v) is 21.1. The maximum absolute atomic E-state index is 6.61. The Bertz CT molecular complexity index is 1540. The number of ether oxygens (including phenoxy) is 1. The van der Waals surface area contributed by atoms with Crippen molar-refractivity contribution in [2.75, 3.05) is 18.4 Å². The number of nitrogens with zero attached hydrogens (tertiary/aromatic N) is 5. The molecule has 0 atom stereocenters. The Balaban J connectivity index is 1.19. The van der Waals surface area contributed by atoms with Gasteiger partial charge in [-0.1, -0.05) is 35.9 Å². The quantitative estimate of drug-likeness (QED) is 0.310. The molecule has 8 nitrogen and oxygen atoms in total. The zero-order chi connectivity index (χ0) is 25.2. The van der Waals surface area contributed by atoms with Crippen LogP contribution in [0.5, 0.6) is 5.75 Å². The van der Waals surface area contributed by atoms with Crippen LogP contribution in [0.1, 0.15) is 24.1 Å². The normalized spacial score (nSPS) is 14.9. The highest BCUT2D eigenvalue weighted by atomic mass is 35.5. The van der Waals surface area contributed by atoms with Gasteiger partial charge in [0, 0.05) is 36.1 Å². The van der Waals surface area contributed by atoms with Gasteiger partial charge >= 0.3 is 0 Å². The number of nitrogens with one attached hydrogen (secondary N) is 1. The van der Waals surface area contributed by atoms with E-state index in [1.54, 1.807) is 12.5 Å². The Labute approximate surface area is 220 Å².